The molecular weight excluding hydrogens is 863 g/mol. The summed E-state index contributed by atoms with van der Waals surface area (Å²) in [6.45, 7) is 1.64. The third-order valence-corrected chi connectivity index (χ3v) is 13.0. The quantitative estimate of drug-likeness (QED) is 0.0511. The molecular formula is C47H65N11O7S. The van der Waals surface area contributed by atoms with Crippen molar-refractivity contribution in [3.63, 3.8) is 0 Å². The van der Waals surface area contributed by atoms with Crippen LogP contribution < -0.4 is 43.4 Å². The minimum atomic E-state index is -1.17. The highest BCUT2D eigenvalue weighted by molar-refractivity contribution is 7.81. The van der Waals surface area contributed by atoms with Gasteiger partial charge in [0.05, 0.1) is 0 Å². The van der Waals surface area contributed by atoms with E-state index in [1.165, 1.54) is 11.8 Å². The lowest BCUT2D eigenvalue weighted by molar-refractivity contribution is -0.142. The average Bonchev–Trinajstić information content (AvgIpc) is 3.90. The van der Waals surface area contributed by atoms with Crippen LogP contribution >= 0.6 is 12.6 Å². The SMILES string of the molecule is CC(=O)N[C@@H](Cc1ccccc1)C(=O)N[C@H]1CCCNC(=O)C(CCCN=C(N)N)NC(=O)C(Cc2c[nH]c3ccccc23)NC(=O)[C@@H](CC2CCCCC2)NC(=O)C2C[C@H](S)CN2C1=O. The topological polar surface area (TPSA) is 275 Å². The number of benzene rings is 2. The largest absolute Gasteiger partial charge is 0.370 e. The average molecular weight is 928 g/mol. The number of para-hydroxylation sites is 1. The molecule has 7 amide bonds. The fourth-order valence-corrected chi connectivity index (χ4v) is 9.66. The van der Waals surface area contributed by atoms with Gasteiger partial charge in [0.15, 0.2) is 5.96 Å². The zero-order valence-electron chi connectivity index (χ0n) is 37.6. The van der Waals surface area contributed by atoms with Crippen molar-refractivity contribution < 1.29 is 33.6 Å². The van der Waals surface area contributed by atoms with Gasteiger partial charge in [0, 0.05) is 61.7 Å². The third kappa shape index (κ3) is 14.0. The highest BCUT2D eigenvalue weighted by atomic mass is 32.1. The number of thiol groups is 1. The maximum atomic E-state index is 14.7. The Morgan fingerprint density at radius 2 is 1.55 bits per heavy atom. The van der Waals surface area contributed by atoms with E-state index in [0.717, 1.165) is 54.1 Å². The number of aliphatic imine (C=N–C) groups is 1. The fraction of sp³-hybridized carbons (Fsp3) is 0.532. The summed E-state index contributed by atoms with van der Waals surface area (Å²) in [7, 11) is 0. The van der Waals surface area contributed by atoms with Crippen molar-refractivity contribution in [2.24, 2.45) is 22.4 Å². The lowest BCUT2D eigenvalue weighted by Gasteiger charge is -2.32. The minimum Gasteiger partial charge on any atom is -0.370 e. The Morgan fingerprint density at radius 1 is 0.848 bits per heavy atom. The van der Waals surface area contributed by atoms with Crippen molar-refractivity contribution in [3.8, 4) is 0 Å². The van der Waals surface area contributed by atoms with Crippen LogP contribution in [0.25, 0.3) is 10.9 Å². The molecule has 3 aliphatic rings. The number of nitrogens with two attached hydrogens (primary N) is 2. The fourth-order valence-electron chi connectivity index (χ4n) is 9.28. The number of amides is 7. The molecule has 11 N–H and O–H groups in total. The van der Waals surface area contributed by atoms with E-state index >= 15 is 0 Å². The molecule has 2 aliphatic heterocycles. The minimum absolute atomic E-state index is 0.0476. The Hall–Kier alpha value is -6.11. The smallest absolute Gasteiger partial charge is 0.245 e. The molecule has 66 heavy (non-hydrogen) atoms. The van der Waals surface area contributed by atoms with Gasteiger partial charge in [-0.25, -0.2) is 0 Å². The summed E-state index contributed by atoms with van der Waals surface area (Å²) >= 11 is 4.70. The summed E-state index contributed by atoms with van der Waals surface area (Å²) in [5.74, 6) is -3.80. The number of fused-ring (bicyclic) bond motifs is 2. The van der Waals surface area contributed by atoms with Gasteiger partial charge in [-0.3, -0.25) is 38.6 Å². The summed E-state index contributed by atoms with van der Waals surface area (Å²) in [4.78, 5) is 107. The number of aromatic nitrogens is 1. The van der Waals surface area contributed by atoms with Gasteiger partial charge in [-0.1, -0.05) is 80.6 Å². The zero-order valence-corrected chi connectivity index (χ0v) is 38.5. The van der Waals surface area contributed by atoms with E-state index in [9.17, 15) is 33.6 Å². The summed E-state index contributed by atoms with van der Waals surface area (Å²) in [5.41, 5.74) is 13.5. The van der Waals surface area contributed by atoms with Crippen LogP contribution in [0.15, 0.2) is 65.8 Å². The molecule has 3 unspecified atom stereocenters. The molecule has 0 bridgehead atoms. The molecule has 0 spiro atoms. The van der Waals surface area contributed by atoms with Crippen LogP contribution in [0.4, 0.5) is 0 Å². The number of hydrogen-bond acceptors (Lipinski definition) is 9. The number of nitrogens with zero attached hydrogens (tertiary/aromatic N) is 2. The van der Waals surface area contributed by atoms with E-state index in [1.807, 2.05) is 54.6 Å². The number of hydrogen-bond donors (Lipinski definition) is 10. The Kier molecular flexibility index (Phi) is 17.9. The monoisotopic (exact) mass is 927 g/mol. The van der Waals surface area contributed by atoms with Crippen LogP contribution in [0.2, 0.25) is 0 Å². The summed E-state index contributed by atoms with van der Waals surface area (Å²) in [5, 5.41) is 17.7. The second-order valence-corrected chi connectivity index (χ2v) is 18.5. The number of guanidine groups is 1. The summed E-state index contributed by atoms with van der Waals surface area (Å²) in [6, 6.07) is 10.2. The van der Waals surface area contributed by atoms with E-state index in [-0.39, 0.29) is 70.0 Å². The normalized spacial score (nSPS) is 24.4. The number of nitrogens with one attached hydrogen (secondary N) is 7. The molecule has 18 nitrogen and oxygen atoms in total. The van der Waals surface area contributed by atoms with Gasteiger partial charge in [-0.2, -0.15) is 12.6 Å². The molecule has 356 valence electrons. The molecule has 3 aromatic rings. The van der Waals surface area contributed by atoms with Crippen molar-refractivity contribution in [2.45, 2.75) is 132 Å². The second-order valence-electron chi connectivity index (χ2n) is 17.8. The maximum Gasteiger partial charge on any atom is 0.245 e. The lowest BCUT2D eigenvalue weighted by atomic mass is 9.84. The predicted octanol–water partition coefficient (Wildman–Crippen LogP) is 1.23. The summed E-state index contributed by atoms with van der Waals surface area (Å²) in [6.07, 6.45) is 8.02. The first-order valence-electron chi connectivity index (χ1n) is 23.1. The van der Waals surface area contributed by atoms with E-state index < -0.39 is 82.9 Å². The zero-order chi connectivity index (χ0) is 47.2. The Morgan fingerprint density at radius 3 is 2.29 bits per heavy atom. The van der Waals surface area contributed by atoms with Crippen LogP contribution in [-0.2, 0) is 46.4 Å². The lowest BCUT2D eigenvalue weighted by Crippen LogP contribution is -2.60. The third-order valence-electron chi connectivity index (χ3n) is 12.7. The maximum absolute atomic E-state index is 14.7. The summed E-state index contributed by atoms with van der Waals surface area (Å²) < 4.78 is 0. The van der Waals surface area contributed by atoms with E-state index in [1.54, 1.807) is 6.20 Å². The number of aromatic amines is 1. The van der Waals surface area contributed by atoms with E-state index in [4.69, 9.17) is 24.1 Å². The molecule has 6 rings (SSSR count). The van der Waals surface area contributed by atoms with Crippen LogP contribution in [0, 0.1) is 5.92 Å². The molecule has 7 atom stereocenters. The van der Waals surface area contributed by atoms with Crippen molar-refractivity contribution in [1.29, 1.82) is 0 Å². The molecule has 2 aromatic carbocycles. The molecule has 19 heteroatoms. The number of H-pyrrole nitrogens is 1. The Balaban J connectivity index is 1.33. The molecule has 1 aliphatic carbocycles. The van der Waals surface area contributed by atoms with Crippen LogP contribution in [-0.4, -0.2) is 118 Å². The molecule has 3 heterocycles. The van der Waals surface area contributed by atoms with Crippen molar-refractivity contribution >= 4 is 70.8 Å². The van der Waals surface area contributed by atoms with Crippen molar-refractivity contribution in [3.05, 3.63) is 71.9 Å². The first-order chi connectivity index (χ1) is 31.7. The van der Waals surface area contributed by atoms with Gasteiger partial charge in [0.1, 0.15) is 36.3 Å². The number of rotatable bonds is 13. The van der Waals surface area contributed by atoms with Crippen molar-refractivity contribution in [2.75, 3.05) is 19.6 Å². The molecule has 1 saturated carbocycles. The predicted molar refractivity (Wildman–Crippen MR) is 254 cm³/mol. The van der Waals surface area contributed by atoms with Crippen LogP contribution in [0.1, 0.15) is 88.7 Å². The molecule has 1 aromatic heterocycles. The highest BCUT2D eigenvalue weighted by Gasteiger charge is 2.43. The Bertz CT molecular complexity index is 2210. The van der Waals surface area contributed by atoms with E-state index in [0.29, 0.717) is 12.8 Å². The first kappa shape index (κ1) is 49.3. The van der Waals surface area contributed by atoms with Gasteiger partial charge in [-0.05, 0) is 61.6 Å². The second kappa shape index (κ2) is 23.9. The standard InChI is InChI=1S/C47H65N11O7S/c1-28(59)53-37(22-29-12-4-2-5-13-29)42(61)55-36-19-11-20-50-41(60)35(18-10-21-51-47(48)49)54-44(63)39(24-31-26-52-34-17-9-8-16-33(31)34)56-43(62)38(23-30-14-6-3-7-15-30)57-45(64)40-25-32(66)27-58(40)46(36)65/h2,4-5,8-9,12-13,16-17,26,30,32,35-40,52,66H,3,6-7,10-11,14-15,18-25,27H2,1H3,(H,50,60)(H,53,59)(H,54,63)(H,55,61)(H,56,62)(H,57,64)(H4,48,49,51)/t32-,35?,36-,37-,38+,39?,40?/m0/s1. The number of carbonyl (C=O) groups is 7. The molecule has 2 saturated heterocycles. The van der Waals surface area contributed by atoms with Gasteiger partial charge in [0.25, 0.3) is 0 Å². The van der Waals surface area contributed by atoms with Gasteiger partial charge in [0.2, 0.25) is 41.4 Å². The highest BCUT2D eigenvalue weighted by Crippen LogP contribution is 2.29. The van der Waals surface area contributed by atoms with Crippen molar-refractivity contribution in [1.82, 2.24) is 41.8 Å². The van der Waals surface area contributed by atoms with Gasteiger partial charge >= 0.3 is 0 Å². The van der Waals surface area contributed by atoms with Gasteiger partial charge in [-0.15, -0.1) is 0 Å². The van der Waals surface area contributed by atoms with E-state index in [2.05, 4.69) is 41.9 Å². The van der Waals surface area contributed by atoms with Crippen LogP contribution in [0.5, 0.6) is 0 Å². The Labute approximate surface area is 390 Å². The van der Waals surface area contributed by atoms with Crippen LogP contribution in [0.3, 0.4) is 0 Å². The number of carbonyl (C=O) groups excluding carboxylic acids is 7. The first-order valence-corrected chi connectivity index (χ1v) is 23.7. The molecule has 3 fully saturated rings. The molecule has 0 radical (unpaired) electrons. The van der Waals surface area contributed by atoms with Gasteiger partial charge < -0.3 is 53.3 Å².